The van der Waals surface area contributed by atoms with Crippen LogP contribution in [0, 0.1) is 11.8 Å². The van der Waals surface area contributed by atoms with Crippen LogP contribution in [-0.4, -0.2) is 35.8 Å². The van der Waals surface area contributed by atoms with Crippen molar-refractivity contribution in [3.05, 3.63) is 47.7 Å². The van der Waals surface area contributed by atoms with Crippen LogP contribution in [0.25, 0.3) is 0 Å². The van der Waals surface area contributed by atoms with E-state index in [1.165, 1.54) is 0 Å². The molecule has 2 heterocycles. The summed E-state index contributed by atoms with van der Waals surface area (Å²) in [5, 5.41) is 10.2. The number of aliphatic hydroxyl groups excluding tert-OH is 1. The van der Waals surface area contributed by atoms with Gasteiger partial charge in [0.2, 0.25) is 0 Å². The molecule has 0 aromatic heterocycles. The maximum atomic E-state index is 10.2. The Morgan fingerprint density at radius 1 is 1.27 bits per heavy atom. The van der Waals surface area contributed by atoms with Crippen LogP contribution in [0.4, 0.5) is 0 Å². The lowest BCUT2D eigenvalue weighted by atomic mass is 10.1. The number of allylic oxidation sites excluding steroid dienone is 1. The molecule has 2 fully saturated rings. The molecule has 0 amide bonds. The Labute approximate surface area is 130 Å². The summed E-state index contributed by atoms with van der Waals surface area (Å²) in [6.07, 6.45) is 0.933. The van der Waals surface area contributed by atoms with Gasteiger partial charge in [-0.05, 0) is 26.0 Å². The molecule has 0 radical (unpaired) electrons. The van der Waals surface area contributed by atoms with Crippen LogP contribution in [0.15, 0.2) is 42.2 Å². The first kappa shape index (κ1) is 15.1. The Kier molecular flexibility index (Phi) is 4.21. The predicted molar refractivity (Wildman–Crippen MR) is 81.8 cm³/mol. The van der Waals surface area contributed by atoms with Gasteiger partial charge in [0, 0.05) is 18.1 Å². The lowest BCUT2D eigenvalue weighted by Gasteiger charge is -2.22. The van der Waals surface area contributed by atoms with Gasteiger partial charge < -0.3 is 19.3 Å². The molecule has 3 atom stereocenters. The molecule has 0 unspecified atom stereocenters. The van der Waals surface area contributed by atoms with Crippen molar-refractivity contribution in [1.82, 2.24) is 0 Å². The first-order valence-corrected chi connectivity index (χ1v) is 7.46. The van der Waals surface area contributed by atoms with Crippen LogP contribution >= 0.6 is 0 Å². The van der Waals surface area contributed by atoms with Crippen LogP contribution in [-0.2, 0) is 14.2 Å². The van der Waals surface area contributed by atoms with Gasteiger partial charge >= 0.3 is 0 Å². The maximum absolute atomic E-state index is 10.2. The first-order valence-electron chi connectivity index (χ1n) is 7.46. The molecule has 1 N–H and O–H groups in total. The molecule has 2 aliphatic rings. The SMILES string of the molecule is CC1(C)OC[C@H]([C@H]2O/C(=C\C#Cc3ccccc3)C[C@H]2O)O1. The van der Waals surface area contributed by atoms with Crippen molar-refractivity contribution in [3.63, 3.8) is 0 Å². The van der Waals surface area contributed by atoms with Crippen molar-refractivity contribution in [2.75, 3.05) is 6.61 Å². The third-order valence-corrected chi connectivity index (χ3v) is 3.70. The van der Waals surface area contributed by atoms with Gasteiger partial charge in [0.15, 0.2) is 11.9 Å². The lowest BCUT2D eigenvalue weighted by Crippen LogP contribution is -2.37. The average Bonchev–Trinajstić information content (AvgIpc) is 3.02. The summed E-state index contributed by atoms with van der Waals surface area (Å²) >= 11 is 0. The second-order valence-electron chi connectivity index (χ2n) is 5.97. The van der Waals surface area contributed by atoms with E-state index in [4.69, 9.17) is 14.2 Å². The molecule has 116 valence electrons. The summed E-state index contributed by atoms with van der Waals surface area (Å²) in [7, 11) is 0. The molecule has 0 bridgehead atoms. The smallest absolute Gasteiger partial charge is 0.163 e. The molecule has 3 rings (SSSR count). The fraction of sp³-hybridized carbons (Fsp3) is 0.444. The number of aliphatic hydroxyl groups is 1. The molecule has 2 aliphatic heterocycles. The van der Waals surface area contributed by atoms with Crippen molar-refractivity contribution >= 4 is 0 Å². The quantitative estimate of drug-likeness (QED) is 0.808. The average molecular weight is 300 g/mol. The summed E-state index contributed by atoms with van der Waals surface area (Å²) in [6.45, 7) is 4.14. The summed E-state index contributed by atoms with van der Waals surface area (Å²) < 4.78 is 17.1. The van der Waals surface area contributed by atoms with Gasteiger partial charge in [-0.3, -0.25) is 0 Å². The Hall–Kier alpha value is -1.80. The number of benzene rings is 1. The second kappa shape index (κ2) is 6.13. The molecule has 4 heteroatoms. The molecular formula is C18H20O4. The second-order valence-corrected chi connectivity index (χ2v) is 5.97. The molecule has 1 aromatic rings. The summed E-state index contributed by atoms with van der Waals surface area (Å²) in [6, 6.07) is 9.75. The highest BCUT2D eigenvalue weighted by atomic mass is 16.8. The van der Waals surface area contributed by atoms with E-state index < -0.39 is 18.0 Å². The molecule has 4 nitrogen and oxygen atoms in total. The third-order valence-electron chi connectivity index (χ3n) is 3.70. The summed E-state index contributed by atoms with van der Waals surface area (Å²) in [5.41, 5.74) is 0.948. The third kappa shape index (κ3) is 3.50. The number of hydrogen-bond donors (Lipinski definition) is 1. The number of ether oxygens (including phenoxy) is 3. The van der Waals surface area contributed by atoms with E-state index in [1.54, 1.807) is 6.08 Å². The molecule has 0 spiro atoms. The molecule has 0 saturated carbocycles. The van der Waals surface area contributed by atoms with Crippen molar-refractivity contribution < 1.29 is 19.3 Å². The monoisotopic (exact) mass is 300 g/mol. The fourth-order valence-electron chi connectivity index (χ4n) is 2.64. The van der Waals surface area contributed by atoms with Gasteiger partial charge in [-0.15, -0.1) is 0 Å². The van der Waals surface area contributed by atoms with Gasteiger partial charge in [-0.2, -0.15) is 0 Å². The Balaban J connectivity index is 1.64. The zero-order valence-corrected chi connectivity index (χ0v) is 12.8. The Bertz CT molecular complexity index is 609. The summed E-state index contributed by atoms with van der Waals surface area (Å²) in [5.74, 6) is 6.08. The molecule has 22 heavy (non-hydrogen) atoms. The highest BCUT2D eigenvalue weighted by Gasteiger charge is 2.44. The van der Waals surface area contributed by atoms with Crippen molar-refractivity contribution in [2.45, 2.75) is 44.4 Å². The Morgan fingerprint density at radius 2 is 2.05 bits per heavy atom. The van der Waals surface area contributed by atoms with Crippen molar-refractivity contribution in [2.24, 2.45) is 0 Å². The fourth-order valence-corrected chi connectivity index (χ4v) is 2.64. The van der Waals surface area contributed by atoms with E-state index in [-0.39, 0.29) is 6.10 Å². The van der Waals surface area contributed by atoms with E-state index in [1.807, 2.05) is 44.2 Å². The number of rotatable bonds is 1. The zero-order valence-electron chi connectivity index (χ0n) is 12.8. The van der Waals surface area contributed by atoms with Crippen LogP contribution in [0.5, 0.6) is 0 Å². The highest BCUT2D eigenvalue weighted by Crippen LogP contribution is 2.33. The standard InChI is InChI=1S/C18H20O4/c1-18(2)20-12-16(22-18)17-15(19)11-14(21-17)10-6-9-13-7-4-3-5-8-13/h3-5,7-8,10,15-17,19H,11-12H2,1-2H3/b14-10-/t15-,16-,17+/m1/s1. The molecule has 2 saturated heterocycles. The lowest BCUT2D eigenvalue weighted by molar-refractivity contribution is -0.155. The van der Waals surface area contributed by atoms with E-state index in [0.717, 1.165) is 5.56 Å². The largest absolute Gasteiger partial charge is 0.488 e. The Morgan fingerprint density at radius 3 is 2.73 bits per heavy atom. The summed E-state index contributed by atoms with van der Waals surface area (Å²) in [4.78, 5) is 0. The van der Waals surface area contributed by atoms with Crippen LogP contribution in [0.3, 0.4) is 0 Å². The van der Waals surface area contributed by atoms with E-state index in [2.05, 4.69) is 11.8 Å². The maximum Gasteiger partial charge on any atom is 0.163 e. The van der Waals surface area contributed by atoms with E-state index in [0.29, 0.717) is 18.8 Å². The van der Waals surface area contributed by atoms with Gasteiger partial charge in [-0.1, -0.05) is 30.0 Å². The van der Waals surface area contributed by atoms with Gasteiger partial charge in [0.25, 0.3) is 0 Å². The first-order chi connectivity index (χ1) is 10.5. The van der Waals surface area contributed by atoms with E-state index >= 15 is 0 Å². The number of hydrogen-bond acceptors (Lipinski definition) is 4. The van der Waals surface area contributed by atoms with Gasteiger partial charge in [0.05, 0.1) is 6.61 Å². The minimum absolute atomic E-state index is 0.252. The predicted octanol–water partition coefficient (Wildman–Crippen LogP) is 2.22. The van der Waals surface area contributed by atoms with Crippen LogP contribution in [0.2, 0.25) is 0 Å². The normalized spacial score (nSPS) is 31.6. The molecule has 1 aromatic carbocycles. The minimum Gasteiger partial charge on any atom is -0.488 e. The van der Waals surface area contributed by atoms with Crippen molar-refractivity contribution in [3.8, 4) is 11.8 Å². The van der Waals surface area contributed by atoms with Crippen LogP contribution in [0.1, 0.15) is 25.8 Å². The molecular weight excluding hydrogens is 280 g/mol. The van der Waals surface area contributed by atoms with Crippen LogP contribution < -0.4 is 0 Å². The van der Waals surface area contributed by atoms with Crippen molar-refractivity contribution in [1.29, 1.82) is 0 Å². The van der Waals surface area contributed by atoms with Gasteiger partial charge in [-0.25, -0.2) is 0 Å². The van der Waals surface area contributed by atoms with Gasteiger partial charge in [0.1, 0.15) is 18.0 Å². The van der Waals surface area contributed by atoms with E-state index in [9.17, 15) is 5.11 Å². The topological polar surface area (TPSA) is 47.9 Å². The molecule has 0 aliphatic carbocycles. The minimum atomic E-state index is -0.618. The zero-order chi connectivity index (χ0) is 15.6. The highest BCUT2D eigenvalue weighted by molar-refractivity contribution is 5.37.